The SMILES string of the molecule is CCC(CN)CC(=O)NC1CC1. The molecule has 0 radical (unpaired) electrons. The zero-order valence-electron chi connectivity index (χ0n) is 7.68. The Morgan fingerprint density at radius 2 is 2.33 bits per heavy atom. The summed E-state index contributed by atoms with van der Waals surface area (Å²) in [6, 6.07) is 0.479. The largest absolute Gasteiger partial charge is 0.353 e. The monoisotopic (exact) mass is 170 g/mol. The van der Waals surface area contributed by atoms with Crippen molar-refractivity contribution in [2.75, 3.05) is 6.54 Å². The smallest absolute Gasteiger partial charge is 0.220 e. The van der Waals surface area contributed by atoms with E-state index in [0.717, 1.165) is 19.3 Å². The van der Waals surface area contributed by atoms with Gasteiger partial charge in [0.25, 0.3) is 0 Å². The maximum Gasteiger partial charge on any atom is 0.220 e. The Labute approximate surface area is 73.7 Å². The molecule has 1 rings (SSSR count). The van der Waals surface area contributed by atoms with Gasteiger partial charge in [0.15, 0.2) is 0 Å². The molecule has 3 heteroatoms. The van der Waals surface area contributed by atoms with Gasteiger partial charge < -0.3 is 11.1 Å². The molecule has 0 aromatic carbocycles. The minimum absolute atomic E-state index is 0.176. The van der Waals surface area contributed by atoms with Gasteiger partial charge in [-0.25, -0.2) is 0 Å². The summed E-state index contributed by atoms with van der Waals surface area (Å²) in [5, 5.41) is 2.96. The van der Waals surface area contributed by atoms with E-state index in [2.05, 4.69) is 12.2 Å². The van der Waals surface area contributed by atoms with E-state index in [0.29, 0.717) is 24.9 Å². The van der Waals surface area contributed by atoms with Crippen molar-refractivity contribution in [1.29, 1.82) is 0 Å². The number of nitrogens with two attached hydrogens (primary N) is 1. The number of hydrogen-bond acceptors (Lipinski definition) is 2. The molecule has 1 unspecified atom stereocenters. The summed E-state index contributed by atoms with van der Waals surface area (Å²) in [5.74, 6) is 0.540. The molecule has 1 atom stereocenters. The van der Waals surface area contributed by atoms with Crippen molar-refractivity contribution in [3.8, 4) is 0 Å². The lowest BCUT2D eigenvalue weighted by Gasteiger charge is -2.11. The standard InChI is InChI=1S/C9H18N2O/c1-2-7(6-10)5-9(12)11-8-3-4-8/h7-8H,2-6,10H2,1H3,(H,11,12). The fourth-order valence-electron chi connectivity index (χ4n) is 1.17. The van der Waals surface area contributed by atoms with Gasteiger partial charge in [-0.3, -0.25) is 4.79 Å². The van der Waals surface area contributed by atoms with E-state index < -0.39 is 0 Å². The topological polar surface area (TPSA) is 55.1 Å². The number of nitrogens with one attached hydrogen (secondary N) is 1. The van der Waals surface area contributed by atoms with E-state index in [1.54, 1.807) is 0 Å². The summed E-state index contributed by atoms with van der Waals surface area (Å²) in [4.78, 5) is 11.3. The molecule has 1 aliphatic carbocycles. The Balaban J connectivity index is 2.13. The van der Waals surface area contributed by atoms with E-state index in [1.807, 2.05) is 0 Å². The van der Waals surface area contributed by atoms with Gasteiger partial charge in [-0.15, -0.1) is 0 Å². The molecule has 0 saturated heterocycles. The molecule has 0 spiro atoms. The summed E-state index contributed by atoms with van der Waals surface area (Å²) in [7, 11) is 0. The minimum atomic E-state index is 0.176. The van der Waals surface area contributed by atoms with Gasteiger partial charge in [0.1, 0.15) is 0 Å². The van der Waals surface area contributed by atoms with Crippen LogP contribution in [0.15, 0.2) is 0 Å². The van der Waals surface area contributed by atoms with Gasteiger partial charge in [-0.05, 0) is 25.3 Å². The molecule has 0 aliphatic heterocycles. The van der Waals surface area contributed by atoms with Crippen molar-refractivity contribution in [2.24, 2.45) is 11.7 Å². The maximum absolute atomic E-state index is 11.3. The van der Waals surface area contributed by atoms with Crippen LogP contribution in [0.25, 0.3) is 0 Å². The number of rotatable bonds is 5. The van der Waals surface area contributed by atoms with Gasteiger partial charge in [0.05, 0.1) is 0 Å². The second kappa shape index (κ2) is 4.45. The number of carbonyl (C=O) groups is 1. The number of carbonyl (C=O) groups excluding carboxylic acids is 1. The van der Waals surface area contributed by atoms with Gasteiger partial charge in [0, 0.05) is 12.5 Å². The number of hydrogen-bond donors (Lipinski definition) is 2. The fourth-order valence-corrected chi connectivity index (χ4v) is 1.17. The lowest BCUT2D eigenvalue weighted by Crippen LogP contribution is -2.29. The molecule has 3 N–H and O–H groups in total. The molecule has 0 heterocycles. The Morgan fingerprint density at radius 1 is 1.67 bits per heavy atom. The normalized spacial score (nSPS) is 18.8. The fraction of sp³-hybridized carbons (Fsp3) is 0.889. The molecule has 0 bridgehead atoms. The third kappa shape index (κ3) is 3.22. The first-order valence-electron chi connectivity index (χ1n) is 4.75. The van der Waals surface area contributed by atoms with Crippen molar-refractivity contribution in [3.05, 3.63) is 0 Å². The summed E-state index contributed by atoms with van der Waals surface area (Å²) < 4.78 is 0. The van der Waals surface area contributed by atoms with E-state index in [9.17, 15) is 4.79 Å². The first-order chi connectivity index (χ1) is 5.76. The van der Waals surface area contributed by atoms with Crippen LogP contribution in [0, 0.1) is 5.92 Å². The van der Waals surface area contributed by atoms with Crippen LogP contribution in [0.4, 0.5) is 0 Å². The van der Waals surface area contributed by atoms with Crippen LogP contribution in [0.2, 0.25) is 0 Å². The van der Waals surface area contributed by atoms with Crippen molar-refractivity contribution in [2.45, 2.75) is 38.6 Å². The first kappa shape index (κ1) is 9.52. The molecule has 3 nitrogen and oxygen atoms in total. The van der Waals surface area contributed by atoms with Crippen molar-refractivity contribution in [1.82, 2.24) is 5.32 Å². The molecule has 1 aliphatic rings. The van der Waals surface area contributed by atoms with Crippen LogP contribution in [0.5, 0.6) is 0 Å². The van der Waals surface area contributed by atoms with Crippen molar-refractivity contribution >= 4 is 5.91 Å². The van der Waals surface area contributed by atoms with Gasteiger partial charge in [0.2, 0.25) is 5.91 Å². The first-order valence-corrected chi connectivity index (χ1v) is 4.75. The van der Waals surface area contributed by atoms with Crippen LogP contribution in [-0.2, 0) is 4.79 Å². The molecule has 12 heavy (non-hydrogen) atoms. The van der Waals surface area contributed by atoms with E-state index >= 15 is 0 Å². The maximum atomic E-state index is 11.3. The Bertz CT molecular complexity index is 151. The van der Waals surface area contributed by atoms with Crippen LogP contribution in [0.1, 0.15) is 32.6 Å². The Hall–Kier alpha value is -0.570. The average Bonchev–Trinajstić information content (AvgIpc) is 2.84. The minimum Gasteiger partial charge on any atom is -0.353 e. The highest BCUT2D eigenvalue weighted by atomic mass is 16.1. The van der Waals surface area contributed by atoms with Crippen molar-refractivity contribution < 1.29 is 4.79 Å². The lowest BCUT2D eigenvalue weighted by molar-refractivity contribution is -0.122. The summed E-state index contributed by atoms with van der Waals surface area (Å²) >= 11 is 0. The van der Waals surface area contributed by atoms with Gasteiger partial charge in [-0.1, -0.05) is 13.3 Å². The molecule has 0 aromatic heterocycles. The summed E-state index contributed by atoms with van der Waals surface area (Å²) in [6.07, 6.45) is 3.91. The highest BCUT2D eigenvalue weighted by Gasteiger charge is 2.23. The molecule has 0 aromatic rings. The predicted molar refractivity (Wildman–Crippen MR) is 48.6 cm³/mol. The Morgan fingerprint density at radius 3 is 2.75 bits per heavy atom. The molecular formula is C9H18N2O. The second-order valence-corrected chi connectivity index (χ2v) is 3.56. The van der Waals surface area contributed by atoms with Crippen LogP contribution < -0.4 is 11.1 Å². The average molecular weight is 170 g/mol. The van der Waals surface area contributed by atoms with E-state index in [4.69, 9.17) is 5.73 Å². The summed E-state index contributed by atoms with van der Waals surface area (Å²) in [6.45, 7) is 2.69. The molecular weight excluding hydrogens is 152 g/mol. The predicted octanol–water partition coefficient (Wildman–Crippen LogP) is 0.640. The molecule has 1 amide bonds. The third-order valence-corrected chi connectivity index (χ3v) is 2.33. The number of amides is 1. The molecule has 1 fully saturated rings. The third-order valence-electron chi connectivity index (χ3n) is 2.33. The molecule has 70 valence electrons. The van der Waals surface area contributed by atoms with Crippen molar-refractivity contribution in [3.63, 3.8) is 0 Å². The molecule has 1 saturated carbocycles. The zero-order valence-corrected chi connectivity index (χ0v) is 7.68. The lowest BCUT2D eigenvalue weighted by atomic mass is 10.0. The van der Waals surface area contributed by atoms with Gasteiger partial charge in [-0.2, -0.15) is 0 Å². The van der Waals surface area contributed by atoms with Crippen LogP contribution in [-0.4, -0.2) is 18.5 Å². The second-order valence-electron chi connectivity index (χ2n) is 3.56. The highest BCUT2D eigenvalue weighted by Crippen LogP contribution is 2.19. The zero-order chi connectivity index (χ0) is 8.97. The van der Waals surface area contributed by atoms with E-state index in [1.165, 1.54) is 0 Å². The Kier molecular flexibility index (Phi) is 3.53. The highest BCUT2D eigenvalue weighted by molar-refractivity contribution is 5.76. The quantitative estimate of drug-likeness (QED) is 0.636. The van der Waals surface area contributed by atoms with E-state index in [-0.39, 0.29) is 5.91 Å². The summed E-state index contributed by atoms with van der Waals surface area (Å²) in [5.41, 5.74) is 5.50. The van der Waals surface area contributed by atoms with Crippen LogP contribution in [0.3, 0.4) is 0 Å². The van der Waals surface area contributed by atoms with Crippen LogP contribution >= 0.6 is 0 Å². The van der Waals surface area contributed by atoms with Gasteiger partial charge >= 0.3 is 0 Å².